The molecule has 2 rings (SSSR count). The zero-order valence-electron chi connectivity index (χ0n) is 6.99. The summed E-state index contributed by atoms with van der Waals surface area (Å²) >= 11 is 0. The van der Waals surface area contributed by atoms with Gasteiger partial charge in [0.25, 0.3) is 0 Å². The van der Waals surface area contributed by atoms with E-state index >= 15 is 0 Å². The predicted octanol–water partition coefficient (Wildman–Crippen LogP) is 2.05. The molecule has 2 atom stereocenters. The van der Waals surface area contributed by atoms with Crippen LogP contribution in [0.1, 0.15) is 26.2 Å². The van der Waals surface area contributed by atoms with E-state index < -0.39 is 0 Å². The zero-order chi connectivity index (χ0) is 7.68. The Labute approximate surface area is 67.6 Å². The van der Waals surface area contributed by atoms with Gasteiger partial charge in [0, 0.05) is 12.1 Å². The molecule has 0 spiro atoms. The van der Waals surface area contributed by atoms with Gasteiger partial charge in [0.1, 0.15) is 6.61 Å². The van der Waals surface area contributed by atoms with Crippen molar-refractivity contribution in [3.8, 4) is 0 Å². The molecular weight excluding hydrogens is 138 g/mol. The van der Waals surface area contributed by atoms with Crippen LogP contribution >= 0.6 is 0 Å². The van der Waals surface area contributed by atoms with Crippen LogP contribution < -0.4 is 0 Å². The van der Waals surface area contributed by atoms with Gasteiger partial charge >= 0.3 is 0 Å². The first-order valence-corrected chi connectivity index (χ1v) is 4.51. The van der Waals surface area contributed by atoms with Crippen molar-refractivity contribution in [3.05, 3.63) is 0 Å². The Morgan fingerprint density at radius 2 is 2.27 bits per heavy atom. The van der Waals surface area contributed by atoms with E-state index in [1.807, 2.05) is 6.21 Å². The largest absolute Gasteiger partial charge is 0.396 e. The first-order chi connectivity index (χ1) is 5.36. The van der Waals surface area contributed by atoms with E-state index in [1.54, 1.807) is 0 Å². The van der Waals surface area contributed by atoms with Gasteiger partial charge in [-0.15, -0.1) is 0 Å². The number of rotatable bonds is 4. The molecule has 0 radical (unpaired) electrons. The van der Waals surface area contributed by atoms with Crippen LogP contribution in [0.5, 0.6) is 0 Å². The molecule has 0 saturated heterocycles. The van der Waals surface area contributed by atoms with Crippen LogP contribution in [-0.4, -0.2) is 12.8 Å². The maximum atomic E-state index is 5.13. The van der Waals surface area contributed by atoms with Crippen LogP contribution in [0.25, 0.3) is 0 Å². The number of hydrogen-bond donors (Lipinski definition) is 0. The standard InChI is InChI=1S/C9H15NO/c1-7-4-9(7)5-10-11-6-8-2-3-8/h5,7-9H,2-4,6H2,1H3/b10-5+. The van der Waals surface area contributed by atoms with Crippen LogP contribution in [-0.2, 0) is 4.84 Å². The van der Waals surface area contributed by atoms with Crippen molar-refractivity contribution in [2.75, 3.05) is 6.61 Å². The molecular formula is C9H15NO. The molecule has 2 fully saturated rings. The summed E-state index contributed by atoms with van der Waals surface area (Å²) in [5, 5.41) is 3.94. The quantitative estimate of drug-likeness (QED) is 0.447. The van der Waals surface area contributed by atoms with Gasteiger partial charge in [-0.05, 0) is 31.1 Å². The van der Waals surface area contributed by atoms with E-state index in [9.17, 15) is 0 Å². The Hall–Kier alpha value is -0.530. The molecule has 0 aromatic carbocycles. The van der Waals surface area contributed by atoms with Gasteiger partial charge in [0.05, 0.1) is 0 Å². The molecule has 0 heterocycles. The van der Waals surface area contributed by atoms with Gasteiger partial charge in [-0.3, -0.25) is 0 Å². The summed E-state index contributed by atoms with van der Waals surface area (Å²) in [6.45, 7) is 3.09. The van der Waals surface area contributed by atoms with E-state index in [1.165, 1.54) is 19.3 Å². The third kappa shape index (κ3) is 2.21. The summed E-state index contributed by atoms with van der Waals surface area (Å²) in [4.78, 5) is 5.13. The zero-order valence-corrected chi connectivity index (χ0v) is 6.99. The van der Waals surface area contributed by atoms with Gasteiger partial charge in [-0.2, -0.15) is 0 Å². The van der Waals surface area contributed by atoms with Crippen molar-refractivity contribution < 1.29 is 4.84 Å². The fourth-order valence-electron chi connectivity index (χ4n) is 1.11. The summed E-state index contributed by atoms with van der Waals surface area (Å²) in [6, 6.07) is 0. The molecule has 62 valence electrons. The molecule has 0 aromatic rings. The van der Waals surface area contributed by atoms with E-state index in [0.717, 1.165) is 18.4 Å². The second-order valence-electron chi connectivity index (χ2n) is 3.87. The third-order valence-corrected chi connectivity index (χ3v) is 2.51. The summed E-state index contributed by atoms with van der Waals surface area (Å²) in [5.41, 5.74) is 0. The van der Waals surface area contributed by atoms with Gasteiger partial charge in [0.2, 0.25) is 0 Å². The monoisotopic (exact) mass is 153 g/mol. The second kappa shape index (κ2) is 2.84. The average Bonchev–Trinajstić information content (AvgIpc) is 2.81. The second-order valence-corrected chi connectivity index (χ2v) is 3.87. The van der Waals surface area contributed by atoms with Crippen LogP contribution in [0.2, 0.25) is 0 Å². The lowest BCUT2D eigenvalue weighted by atomic mass is 10.4. The van der Waals surface area contributed by atoms with Crippen molar-refractivity contribution in [1.29, 1.82) is 0 Å². The molecule has 0 aromatic heterocycles. The van der Waals surface area contributed by atoms with E-state index in [4.69, 9.17) is 4.84 Å². The number of hydrogen-bond acceptors (Lipinski definition) is 2. The van der Waals surface area contributed by atoms with E-state index in [0.29, 0.717) is 5.92 Å². The fraction of sp³-hybridized carbons (Fsp3) is 0.889. The highest BCUT2D eigenvalue weighted by Gasteiger charge is 2.30. The Bertz CT molecular complexity index is 163. The smallest absolute Gasteiger partial charge is 0.120 e. The maximum absolute atomic E-state index is 5.13. The number of nitrogens with zero attached hydrogens (tertiary/aromatic N) is 1. The molecule has 0 aliphatic heterocycles. The molecule has 2 heteroatoms. The summed E-state index contributed by atoms with van der Waals surface area (Å²) < 4.78 is 0. The minimum Gasteiger partial charge on any atom is -0.396 e. The van der Waals surface area contributed by atoms with Crippen LogP contribution in [0, 0.1) is 17.8 Å². The first-order valence-electron chi connectivity index (χ1n) is 4.51. The van der Waals surface area contributed by atoms with E-state index in [2.05, 4.69) is 12.1 Å². The summed E-state index contributed by atoms with van der Waals surface area (Å²) in [6.07, 6.45) is 5.95. The van der Waals surface area contributed by atoms with Crippen molar-refractivity contribution >= 4 is 6.21 Å². The first kappa shape index (κ1) is 7.14. The lowest BCUT2D eigenvalue weighted by molar-refractivity contribution is 0.134. The van der Waals surface area contributed by atoms with Crippen LogP contribution in [0.4, 0.5) is 0 Å². The van der Waals surface area contributed by atoms with Crippen molar-refractivity contribution in [1.82, 2.24) is 0 Å². The molecule has 11 heavy (non-hydrogen) atoms. The maximum Gasteiger partial charge on any atom is 0.120 e. The van der Waals surface area contributed by atoms with Crippen molar-refractivity contribution in [2.45, 2.75) is 26.2 Å². The molecule has 0 amide bonds. The van der Waals surface area contributed by atoms with Gasteiger partial charge in [-0.1, -0.05) is 12.1 Å². The van der Waals surface area contributed by atoms with E-state index in [-0.39, 0.29) is 0 Å². The Balaban J connectivity index is 1.54. The predicted molar refractivity (Wildman–Crippen MR) is 44.4 cm³/mol. The molecule has 2 aliphatic carbocycles. The van der Waals surface area contributed by atoms with Crippen LogP contribution in [0.15, 0.2) is 5.16 Å². The molecule has 2 aliphatic rings. The minimum absolute atomic E-state index is 0.717. The minimum atomic E-state index is 0.717. The Morgan fingerprint density at radius 1 is 1.55 bits per heavy atom. The fourth-order valence-corrected chi connectivity index (χ4v) is 1.11. The van der Waals surface area contributed by atoms with Gasteiger partial charge in [-0.25, -0.2) is 0 Å². The van der Waals surface area contributed by atoms with Gasteiger partial charge < -0.3 is 4.84 Å². The lowest BCUT2D eigenvalue weighted by Crippen LogP contribution is -1.90. The highest BCUT2D eigenvalue weighted by Crippen LogP contribution is 2.35. The topological polar surface area (TPSA) is 21.6 Å². The Kier molecular flexibility index (Phi) is 1.84. The Morgan fingerprint density at radius 3 is 2.82 bits per heavy atom. The molecule has 0 bridgehead atoms. The highest BCUT2D eigenvalue weighted by atomic mass is 16.6. The highest BCUT2D eigenvalue weighted by molar-refractivity contribution is 5.63. The average molecular weight is 153 g/mol. The van der Waals surface area contributed by atoms with Gasteiger partial charge in [0.15, 0.2) is 0 Å². The lowest BCUT2D eigenvalue weighted by Gasteiger charge is -1.93. The van der Waals surface area contributed by atoms with Crippen molar-refractivity contribution in [3.63, 3.8) is 0 Å². The molecule has 0 N–H and O–H groups in total. The normalized spacial score (nSPS) is 36.1. The summed E-state index contributed by atoms with van der Waals surface area (Å²) in [7, 11) is 0. The number of oxime groups is 1. The molecule has 2 unspecified atom stereocenters. The summed E-state index contributed by atoms with van der Waals surface area (Å²) in [5.74, 6) is 2.39. The van der Waals surface area contributed by atoms with Crippen LogP contribution in [0.3, 0.4) is 0 Å². The molecule has 2 nitrogen and oxygen atoms in total. The van der Waals surface area contributed by atoms with Crippen molar-refractivity contribution in [2.24, 2.45) is 22.9 Å². The molecule has 2 saturated carbocycles. The SMILES string of the molecule is CC1CC1/C=N/OCC1CC1. The third-order valence-electron chi connectivity index (χ3n) is 2.51.